The number of rotatable bonds is 3. The molecule has 0 saturated carbocycles. The Kier molecular flexibility index (Phi) is 2.78. The van der Waals surface area contributed by atoms with Gasteiger partial charge in [-0.3, -0.25) is 20.2 Å². The van der Waals surface area contributed by atoms with Crippen LogP contribution in [0.15, 0.2) is 36.7 Å². The fraction of sp³-hybridized carbons (Fsp3) is 0.0909. The van der Waals surface area contributed by atoms with E-state index < -0.39 is 10.7 Å². The van der Waals surface area contributed by atoms with Crippen LogP contribution in [-0.4, -0.2) is 9.60 Å². The van der Waals surface area contributed by atoms with Crippen molar-refractivity contribution >= 4 is 11.4 Å². The van der Waals surface area contributed by atoms with Crippen LogP contribution in [-0.2, 0) is 0 Å². The Bertz CT molecular complexity index is 552. The second-order valence-corrected chi connectivity index (χ2v) is 3.58. The second-order valence-electron chi connectivity index (χ2n) is 3.58. The quantitative estimate of drug-likeness (QED) is 0.657. The number of nitrogens with zero attached hydrogens (tertiary/aromatic N) is 2. The lowest BCUT2D eigenvalue weighted by atomic mass is 10.2. The molecule has 1 aromatic heterocycles. The second kappa shape index (κ2) is 4.25. The van der Waals surface area contributed by atoms with Crippen LogP contribution in [0.2, 0.25) is 0 Å². The lowest BCUT2D eigenvalue weighted by molar-refractivity contribution is -0.384. The number of anilines is 1. The predicted octanol–water partition coefficient (Wildman–Crippen LogP) is 2.72. The van der Waals surface area contributed by atoms with Gasteiger partial charge in [0.05, 0.1) is 11.0 Å². The zero-order chi connectivity index (χ0) is 12.4. The summed E-state index contributed by atoms with van der Waals surface area (Å²) >= 11 is 0. The molecule has 5 nitrogen and oxygen atoms in total. The molecule has 0 spiro atoms. The molecule has 1 aromatic carbocycles. The molecule has 0 amide bonds. The van der Waals surface area contributed by atoms with Crippen LogP contribution in [0.1, 0.15) is 5.56 Å². The number of benzene rings is 1. The van der Waals surface area contributed by atoms with Crippen LogP contribution in [0.3, 0.4) is 0 Å². The van der Waals surface area contributed by atoms with E-state index in [-0.39, 0.29) is 11.4 Å². The number of hydrogen-bond acceptors (Lipinski definition) is 3. The number of nitro benzene ring substituents is 1. The minimum absolute atomic E-state index is 0.255. The van der Waals surface area contributed by atoms with Gasteiger partial charge in [-0.25, -0.2) is 4.39 Å². The van der Waals surface area contributed by atoms with Gasteiger partial charge in [0.15, 0.2) is 0 Å². The minimum Gasteiger partial charge on any atom is -0.288 e. The van der Waals surface area contributed by atoms with Gasteiger partial charge in [-0.1, -0.05) is 0 Å². The molecule has 2 aromatic rings. The molecule has 0 radical (unpaired) electrons. The third-order valence-electron chi connectivity index (χ3n) is 2.33. The summed E-state index contributed by atoms with van der Waals surface area (Å²) in [5.74, 6) is -0.588. The zero-order valence-corrected chi connectivity index (χ0v) is 9.05. The Morgan fingerprint density at radius 1 is 1.35 bits per heavy atom. The molecule has 0 unspecified atom stereocenters. The van der Waals surface area contributed by atoms with Crippen LogP contribution in [0.4, 0.5) is 15.8 Å². The van der Waals surface area contributed by atoms with Crippen LogP contribution < -0.4 is 5.43 Å². The smallest absolute Gasteiger partial charge is 0.288 e. The molecule has 1 heterocycles. The molecule has 0 aliphatic rings. The number of hydrogen-bond donors (Lipinski definition) is 1. The van der Waals surface area contributed by atoms with Gasteiger partial charge in [-0.15, -0.1) is 0 Å². The Balaban J connectivity index is 2.44. The summed E-state index contributed by atoms with van der Waals surface area (Å²) in [6.45, 7) is 1.56. The van der Waals surface area contributed by atoms with Gasteiger partial charge < -0.3 is 0 Å². The molecule has 0 bridgehead atoms. The fourth-order valence-electron chi connectivity index (χ4n) is 1.46. The van der Waals surface area contributed by atoms with E-state index in [0.29, 0.717) is 5.56 Å². The molecule has 1 N–H and O–H groups in total. The number of halogens is 1. The molecule has 0 aliphatic heterocycles. The molecule has 0 atom stereocenters. The first kappa shape index (κ1) is 11.1. The van der Waals surface area contributed by atoms with E-state index in [4.69, 9.17) is 0 Å². The Morgan fingerprint density at radius 2 is 2.00 bits per heavy atom. The monoisotopic (exact) mass is 235 g/mol. The molecular formula is C11H10FN3O2. The SMILES string of the molecule is Cc1cc(Nn2cccc2)c([N+](=O)[O-])cc1F. The normalized spacial score (nSPS) is 10.2. The molecule has 2 rings (SSSR count). The first-order valence-corrected chi connectivity index (χ1v) is 4.92. The standard InChI is InChI=1S/C11H10FN3O2/c1-8-6-10(13-14-4-2-3-5-14)11(15(16)17)7-9(8)12/h2-7,13H,1H3. The highest BCUT2D eigenvalue weighted by atomic mass is 19.1. The van der Waals surface area contributed by atoms with E-state index in [9.17, 15) is 14.5 Å². The summed E-state index contributed by atoms with van der Waals surface area (Å²) in [7, 11) is 0. The van der Waals surface area contributed by atoms with Gasteiger partial charge in [-0.05, 0) is 30.7 Å². The highest BCUT2D eigenvalue weighted by Gasteiger charge is 2.16. The summed E-state index contributed by atoms with van der Waals surface area (Å²) in [5.41, 5.74) is 3.13. The van der Waals surface area contributed by atoms with E-state index >= 15 is 0 Å². The lowest BCUT2D eigenvalue weighted by Crippen LogP contribution is -2.08. The van der Waals surface area contributed by atoms with Gasteiger partial charge in [0, 0.05) is 12.4 Å². The van der Waals surface area contributed by atoms with E-state index in [1.54, 1.807) is 36.1 Å². The molecule has 0 fully saturated rings. The van der Waals surface area contributed by atoms with Crippen molar-refractivity contribution in [3.05, 3.63) is 58.2 Å². The van der Waals surface area contributed by atoms with E-state index in [1.165, 1.54) is 6.07 Å². The van der Waals surface area contributed by atoms with Crippen molar-refractivity contribution in [2.24, 2.45) is 0 Å². The molecule has 6 heteroatoms. The van der Waals surface area contributed by atoms with Crippen LogP contribution in [0, 0.1) is 22.9 Å². The molecule has 0 saturated heterocycles. The van der Waals surface area contributed by atoms with Gasteiger partial charge in [0.1, 0.15) is 11.5 Å². The fourth-order valence-corrected chi connectivity index (χ4v) is 1.46. The van der Waals surface area contributed by atoms with Crippen molar-refractivity contribution in [2.45, 2.75) is 6.92 Å². The lowest BCUT2D eigenvalue weighted by Gasteiger charge is -2.09. The largest absolute Gasteiger partial charge is 0.297 e. The first-order chi connectivity index (χ1) is 8.08. The van der Waals surface area contributed by atoms with E-state index in [0.717, 1.165) is 6.07 Å². The van der Waals surface area contributed by atoms with Crippen LogP contribution >= 0.6 is 0 Å². The van der Waals surface area contributed by atoms with Crippen molar-refractivity contribution in [3.8, 4) is 0 Å². The summed E-state index contributed by atoms with van der Waals surface area (Å²) in [6, 6.07) is 5.87. The van der Waals surface area contributed by atoms with Crippen LogP contribution in [0.25, 0.3) is 0 Å². The van der Waals surface area contributed by atoms with Crippen LogP contribution in [0.5, 0.6) is 0 Å². The summed E-state index contributed by atoms with van der Waals surface area (Å²) in [4.78, 5) is 10.2. The molecule has 17 heavy (non-hydrogen) atoms. The summed E-state index contributed by atoms with van der Waals surface area (Å²) < 4.78 is 14.8. The van der Waals surface area contributed by atoms with Gasteiger partial charge >= 0.3 is 0 Å². The molecular weight excluding hydrogens is 225 g/mol. The van der Waals surface area contributed by atoms with Crippen molar-refractivity contribution in [1.29, 1.82) is 0 Å². The predicted molar refractivity (Wildman–Crippen MR) is 61.2 cm³/mol. The Morgan fingerprint density at radius 3 is 2.59 bits per heavy atom. The van der Waals surface area contributed by atoms with E-state index in [1.807, 2.05) is 0 Å². The van der Waals surface area contributed by atoms with Crippen molar-refractivity contribution in [1.82, 2.24) is 4.68 Å². The summed E-state index contributed by atoms with van der Waals surface area (Å²) in [6.07, 6.45) is 3.39. The average Bonchev–Trinajstić information content (AvgIpc) is 2.75. The van der Waals surface area contributed by atoms with E-state index in [2.05, 4.69) is 5.43 Å². The van der Waals surface area contributed by atoms with Gasteiger partial charge in [0.2, 0.25) is 0 Å². The van der Waals surface area contributed by atoms with Crippen molar-refractivity contribution < 1.29 is 9.31 Å². The highest BCUT2D eigenvalue weighted by molar-refractivity contribution is 5.62. The topological polar surface area (TPSA) is 60.1 Å². The third-order valence-corrected chi connectivity index (χ3v) is 2.33. The van der Waals surface area contributed by atoms with Gasteiger partial charge in [-0.2, -0.15) is 0 Å². The minimum atomic E-state index is -0.617. The summed E-state index contributed by atoms with van der Waals surface area (Å²) in [5, 5.41) is 10.8. The molecule has 88 valence electrons. The molecule has 0 aliphatic carbocycles. The maximum absolute atomic E-state index is 13.3. The highest BCUT2D eigenvalue weighted by Crippen LogP contribution is 2.27. The number of nitro groups is 1. The first-order valence-electron chi connectivity index (χ1n) is 4.92. The third kappa shape index (κ3) is 2.25. The van der Waals surface area contributed by atoms with Crippen molar-refractivity contribution in [2.75, 3.05) is 5.43 Å². The maximum atomic E-state index is 13.3. The maximum Gasteiger partial charge on any atom is 0.297 e. The average molecular weight is 235 g/mol. The van der Waals surface area contributed by atoms with Gasteiger partial charge in [0.25, 0.3) is 5.69 Å². The number of aromatic nitrogens is 1. The Labute approximate surface area is 96.6 Å². The van der Waals surface area contributed by atoms with Crippen molar-refractivity contribution in [3.63, 3.8) is 0 Å². The zero-order valence-electron chi connectivity index (χ0n) is 9.05. The Hall–Kier alpha value is -2.37. The number of nitrogens with one attached hydrogen (secondary N) is 1. The number of aryl methyl sites for hydroxylation is 1.